The molecule has 0 atom stereocenters. The minimum absolute atomic E-state index is 0.0197. The van der Waals surface area contributed by atoms with E-state index in [0.717, 1.165) is 25.4 Å². The molecule has 2 aromatic carbocycles. The number of hydrogen-bond acceptors (Lipinski definition) is 4. The van der Waals surface area contributed by atoms with Gasteiger partial charge >= 0.3 is 6.03 Å². The van der Waals surface area contributed by atoms with Gasteiger partial charge in [0, 0.05) is 38.8 Å². The summed E-state index contributed by atoms with van der Waals surface area (Å²) in [6.45, 7) is 10.2. The number of amides is 3. The van der Waals surface area contributed by atoms with Gasteiger partial charge in [-0.25, -0.2) is 4.79 Å². The lowest BCUT2D eigenvalue weighted by Gasteiger charge is -2.35. The van der Waals surface area contributed by atoms with Crippen molar-refractivity contribution < 1.29 is 14.3 Å². The van der Waals surface area contributed by atoms with Crippen molar-refractivity contribution in [1.82, 2.24) is 15.1 Å². The SMILES string of the molecule is CCOc1ccc(CN2CCN(C(=O)c3ccccc3NC(=O)NC(C)C)CC2)cc1. The monoisotopic (exact) mass is 424 g/mol. The number of ether oxygens (including phenoxy) is 1. The molecule has 3 amide bonds. The normalized spacial score (nSPS) is 14.4. The first-order valence-electron chi connectivity index (χ1n) is 10.9. The largest absolute Gasteiger partial charge is 0.494 e. The van der Waals surface area contributed by atoms with Crippen LogP contribution in [0.4, 0.5) is 10.5 Å². The van der Waals surface area contributed by atoms with Crippen LogP contribution in [-0.4, -0.2) is 60.6 Å². The van der Waals surface area contributed by atoms with Crippen LogP contribution >= 0.6 is 0 Å². The van der Waals surface area contributed by atoms with Crippen LogP contribution in [-0.2, 0) is 6.54 Å². The molecule has 0 radical (unpaired) electrons. The Morgan fingerprint density at radius 2 is 1.68 bits per heavy atom. The van der Waals surface area contributed by atoms with E-state index in [1.54, 1.807) is 12.1 Å². The molecule has 166 valence electrons. The third-order valence-electron chi connectivity index (χ3n) is 5.13. The summed E-state index contributed by atoms with van der Waals surface area (Å²) in [5.74, 6) is 0.831. The van der Waals surface area contributed by atoms with Crippen LogP contribution in [0.15, 0.2) is 48.5 Å². The van der Waals surface area contributed by atoms with Crippen LogP contribution in [0.3, 0.4) is 0 Å². The Kier molecular flexibility index (Phi) is 7.89. The average molecular weight is 425 g/mol. The summed E-state index contributed by atoms with van der Waals surface area (Å²) in [7, 11) is 0. The maximum Gasteiger partial charge on any atom is 0.319 e. The smallest absolute Gasteiger partial charge is 0.319 e. The molecule has 0 aliphatic carbocycles. The standard InChI is InChI=1S/C24H32N4O3/c1-4-31-20-11-9-19(10-12-20)17-27-13-15-28(16-14-27)23(29)21-7-5-6-8-22(21)26-24(30)25-18(2)3/h5-12,18H,4,13-17H2,1-3H3,(H2,25,26,30). The van der Waals surface area contributed by atoms with Gasteiger partial charge in [0.1, 0.15) is 5.75 Å². The van der Waals surface area contributed by atoms with Gasteiger partial charge in [0.2, 0.25) is 0 Å². The Hall–Kier alpha value is -3.06. The molecule has 1 saturated heterocycles. The van der Waals surface area contributed by atoms with E-state index in [9.17, 15) is 9.59 Å². The number of hydrogen-bond donors (Lipinski definition) is 2. The number of rotatable bonds is 7. The highest BCUT2D eigenvalue weighted by Gasteiger charge is 2.24. The second-order valence-electron chi connectivity index (χ2n) is 7.94. The van der Waals surface area contributed by atoms with Crippen LogP contribution in [0, 0.1) is 0 Å². The van der Waals surface area contributed by atoms with E-state index < -0.39 is 0 Å². The van der Waals surface area contributed by atoms with Gasteiger partial charge in [-0.1, -0.05) is 24.3 Å². The molecule has 2 N–H and O–H groups in total. The van der Waals surface area contributed by atoms with E-state index in [1.165, 1.54) is 5.56 Å². The number of anilines is 1. The number of para-hydroxylation sites is 1. The van der Waals surface area contributed by atoms with Crippen molar-refractivity contribution in [3.8, 4) is 5.75 Å². The van der Waals surface area contributed by atoms with E-state index in [4.69, 9.17) is 4.74 Å². The van der Waals surface area contributed by atoms with E-state index in [2.05, 4.69) is 27.7 Å². The van der Waals surface area contributed by atoms with Crippen molar-refractivity contribution >= 4 is 17.6 Å². The zero-order valence-electron chi connectivity index (χ0n) is 18.6. The fraction of sp³-hybridized carbons (Fsp3) is 0.417. The van der Waals surface area contributed by atoms with Crippen LogP contribution in [0.1, 0.15) is 36.7 Å². The third-order valence-corrected chi connectivity index (χ3v) is 5.13. The molecule has 2 aromatic rings. The van der Waals surface area contributed by atoms with Crippen molar-refractivity contribution in [3.05, 3.63) is 59.7 Å². The van der Waals surface area contributed by atoms with E-state index in [-0.39, 0.29) is 18.0 Å². The van der Waals surface area contributed by atoms with Crippen LogP contribution < -0.4 is 15.4 Å². The van der Waals surface area contributed by atoms with Crippen LogP contribution in [0.2, 0.25) is 0 Å². The molecule has 7 nitrogen and oxygen atoms in total. The number of carbonyl (C=O) groups excluding carboxylic acids is 2. The second kappa shape index (κ2) is 10.8. The van der Waals surface area contributed by atoms with Gasteiger partial charge in [-0.15, -0.1) is 0 Å². The zero-order chi connectivity index (χ0) is 22.2. The van der Waals surface area contributed by atoms with Gasteiger partial charge in [-0.3, -0.25) is 9.69 Å². The van der Waals surface area contributed by atoms with Gasteiger partial charge < -0.3 is 20.3 Å². The van der Waals surface area contributed by atoms with E-state index in [0.29, 0.717) is 30.9 Å². The first-order chi connectivity index (χ1) is 15.0. The van der Waals surface area contributed by atoms with Gasteiger partial charge in [-0.05, 0) is 50.6 Å². The highest BCUT2D eigenvalue weighted by Crippen LogP contribution is 2.19. The Morgan fingerprint density at radius 1 is 1.00 bits per heavy atom. The lowest BCUT2D eigenvalue weighted by Crippen LogP contribution is -2.48. The van der Waals surface area contributed by atoms with E-state index >= 15 is 0 Å². The van der Waals surface area contributed by atoms with Gasteiger partial charge in [0.05, 0.1) is 17.9 Å². The third kappa shape index (κ3) is 6.46. The highest BCUT2D eigenvalue weighted by molar-refractivity contribution is 6.03. The minimum Gasteiger partial charge on any atom is -0.494 e. The molecule has 3 rings (SSSR count). The first-order valence-corrected chi connectivity index (χ1v) is 10.9. The maximum absolute atomic E-state index is 13.1. The molecule has 0 bridgehead atoms. The molecule has 0 unspecified atom stereocenters. The van der Waals surface area contributed by atoms with Crippen molar-refractivity contribution in [1.29, 1.82) is 0 Å². The minimum atomic E-state index is -0.310. The lowest BCUT2D eigenvalue weighted by molar-refractivity contribution is 0.0629. The molecule has 0 saturated carbocycles. The Labute approximate surface area is 184 Å². The molecular weight excluding hydrogens is 392 g/mol. The summed E-state index contributed by atoms with van der Waals surface area (Å²) in [5, 5.41) is 5.59. The molecule has 1 aliphatic rings. The molecule has 7 heteroatoms. The summed E-state index contributed by atoms with van der Waals surface area (Å²) in [6.07, 6.45) is 0. The van der Waals surface area contributed by atoms with Crippen molar-refractivity contribution in [2.75, 3.05) is 38.1 Å². The fourth-order valence-corrected chi connectivity index (χ4v) is 3.59. The number of carbonyl (C=O) groups is 2. The number of nitrogens with one attached hydrogen (secondary N) is 2. The number of piperazine rings is 1. The summed E-state index contributed by atoms with van der Waals surface area (Å²) < 4.78 is 5.50. The summed E-state index contributed by atoms with van der Waals surface area (Å²) in [5.41, 5.74) is 2.28. The van der Waals surface area contributed by atoms with Crippen LogP contribution in [0.5, 0.6) is 5.75 Å². The topological polar surface area (TPSA) is 73.9 Å². The van der Waals surface area contributed by atoms with Crippen LogP contribution in [0.25, 0.3) is 0 Å². The predicted octanol–water partition coefficient (Wildman–Crippen LogP) is 3.57. The van der Waals surface area contributed by atoms with Gasteiger partial charge in [0.15, 0.2) is 0 Å². The predicted molar refractivity (Wildman–Crippen MR) is 123 cm³/mol. The molecular formula is C24H32N4O3. The van der Waals surface area contributed by atoms with Gasteiger partial charge in [-0.2, -0.15) is 0 Å². The quantitative estimate of drug-likeness (QED) is 0.713. The molecule has 31 heavy (non-hydrogen) atoms. The Balaban J connectivity index is 1.56. The average Bonchev–Trinajstić information content (AvgIpc) is 2.75. The molecule has 1 aliphatic heterocycles. The van der Waals surface area contributed by atoms with Crippen molar-refractivity contribution in [2.24, 2.45) is 0 Å². The lowest BCUT2D eigenvalue weighted by atomic mass is 10.1. The number of urea groups is 1. The molecule has 0 spiro atoms. The summed E-state index contributed by atoms with van der Waals surface area (Å²) >= 11 is 0. The Morgan fingerprint density at radius 3 is 2.32 bits per heavy atom. The van der Waals surface area contributed by atoms with Crippen molar-refractivity contribution in [3.63, 3.8) is 0 Å². The summed E-state index contributed by atoms with van der Waals surface area (Å²) in [4.78, 5) is 29.4. The van der Waals surface area contributed by atoms with Gasteiger partial charge in [0.25, 0.3) is 5.91 Å². The highest BCUT2D eigenvalue weighted by atomic mass is 16.5. The number of nitrogens with zero attached hydrogens (tertiary/aromatic N) is 2. The fourth-order valence-electron chi connectivity index (χ4n) is 3.59. The maximum atomic E-state index is 13.1. The molecule has 1 fully saturated rings. The first kappa shape index (κ1) is 22.6. The molecule has 0 aromatic heterocycles. The summed E-state index contributed by atoms with van der Waals surface area (Å²) in [6, 6.07) is 15.0. The second-order valence-corrected chi connectivity index (χ2v) is 7.94. The van der Waals surface area contributed by atoms with Crippen molar-refractivity contribution in [2.45, 2.75) is 33.4 Å². The van der Waals surface area contributed by atoms with E-state index in [1.807, 2.05) is 49.9 Å². The zero-order valence-corrected chi connectivity index (χ0v) is 18.6. The number of benzene rings is 2. The Bertz CT molecular complexity index is 875. The molecule has 1 heterocycles.